The number of H-pyrrole nitrogens is 1. The summed E-state index contributed by atoms with van der Waals surface area (Å²) >= 11 is 5.70. The van der Waals surface area contributed by atoms with Crippen LogP contribution in [0, 0.1) is 5.82 Å². The highest BCUT2D eigenvalue weighted by molar-refractivity contribution is 6.31. The van der Waals surface area contributed by atoms with Crippen LogP contribution in [0.4, 0.5) is 10.1 Å². The van der Waals surface area contributed by atoms with Gasteiger partial charge in [-0.3, -0.25) is 10.1 Å². The number of benzene rings is 2. The van der Waals surface area contributed by atoms with Gasteiger partial charge in [0, 0.05) is 11.6 Å². The molecule has 0 atom stereocenters. The number of rotatable bonds is 2. The molecule has 94 valence electrons. The third kappa shape index (κ3) is 2.48. The van der Waals surface area contributed by atoms with Crippen LogP contribution >= 0.6 is 11.6 Å². The van der Waals surface area contributed by atoms with Crippen molar-refractivity contribution >= 4 is 34.4 Å². The third-order valence-electron chi connectivity index (χ3n) is 2.73. The van der Waals surface area contributed by atoms with Crippen LogP contribution in [0.1, 0.15) is 5.56 Å². The van der Waals surface area contributed by atoms with E-state index < -0.39 is 5.82 Å². The number of nitrogens with zero attached hydrogens (tertiary/aromatic N) is 2. The van der Waals surface area contributed by atoms with Gasteiger partial charge in [-0.2, -0.15) is 5.10 Å². The van der Waals surface area contributed by atoms with Gasteiger partial charge in [-0.1, -0.05) is 17.7 Å². The first kappa shape index (κ1) is 11.9. The average Bonchev–Trinajstić information content (AvgIpc) is 2.87. The summed E-state index contributed by atoms with van der Waals surface area (Å²) in [5.41, 5.74) is 2.52. The fourth-order valence-corrected chi connectivity index (χ4v) is 1.93. The summed E-state index contributed by atoms with van der Waals surface area (Å²) in [6.07, 6.45) is 3.46. The minimum absolute atomic E-state index is 0.0694. The van der Waals surface area contributed by atoms with E-state index in [9.17, 15) is 4.39 Å². The summed E-state index contributed by atoms with van der Waals surface area (Å²) in [5, 5.41) is 7.92. The Balaban J connectivity index is 1.90. The van der Waals surface area contributed by atoms with Crippen molar-refractivity contribution in [2.75, 3.05) is 0 Å². The average molecular weight is 274 g/mol. The van der Waals surface area contributed by atoms with Crippen LogP contribution < -0.4 is 0 Å². The van der Waals surface area contributed by atoms with E-state index >= 15 is 0 Å². The molecule has 0 saturated carbocycles. The van der Waals surface area contributed by atoms with E-state index in [4.69, 9.17) is 11.6 Å². The van der Waals surface area contributed by atoms with E-state index in [2.05, 4.69) is 15.2 Å². The second-order valence-corrected chi connectivity index (χ2v) is 4.48. The van der Waals surface area contributed by atoms with Gasteiger partial charge in [-0.05, 0) is 35.9 Å². The van der Waals surface area contributed by atoms with Crippen LogP contribution in [0.5, 0.6) is 0 Å². The summed E-state index contributed by atoms with van der Waals surface area (Å²) in [6, 6.07) is 10.2. The van der Waals surface area contributed by atoms with Crippen molar-refractivity contribution in [2.45, 2.75) is 0 Å². The number of aromatic nitrogens is 2. The van der Waals surface area contributed by atoms with E-state index in [1.54, 1.807) is 18.5 Å². The quantitative estimate of drug-likeness (QED) is 0.702. The van der Waals surface area contributed by atoms with Crippen molar-refractivity contribution in [3.05, 3.63) is 59.0 Å². The molecule has 0 saturated heterocycles. The first-order chi connectivity index (χ1) is 9.22. The zero-order valence-electron chi connectivity index (χ0n) is 9.77. The lowest BCUT2D eigenvalue weighted by Crippen LogP contribution is -1.81. The Bertz CT molecular complexity index is 764. The van der Waals surface area contributed by atoms with E-state index in [1.807, 2.05) is 18.2 Å². The molecule has 0 aliphatic heterocycles. The maximum atomic E-state index is 13.0. The minimum Gasteiger partial charge on any atom is -0.278 e. The van der Waals surface area contributed by atoms with Gasteiger partial charge >= 0.3 is 0 Å². The summed E-state index contributed by atoms with van der Waals surface area (Å²) in [5.74, 6) is -0.444. The molecule has 0 aliphatic carbocycles. The topological polar surface area (TPSA) is 41.0 Å². The van der Waals surface area contributed by atoms with Crippen LogP contribution in [-0.2, 0) is 0 Å². The van der Waals surface area contributed by atoms with Gasteiger partial charge in [0.05, 0.1) is 22.4 Å². The monoisotopic (exact) mass is 273 g/mol. The number of halogens is 2. The maximum Gasteiger partial charge on any atom is 0.141 e. The molecule has 1 N–H and O–H groups in total. The molecular weight excluding hydrogens is 265 g/mol. The molecule has 1 aromatic heterocycles. The van der Waals surface area contributed by atoms with Crippen molar-refractivity contribution in [1.29, 1.82) is 0 Å². The Morgan fingerprint density at radius 2 is 2.11 bits per heavy atom. The zero-order chi connectivity index (χ0) is 13.2. The van der Waals surface area contributed by atoms with Gasteiger partial charge in [0.15, 0.2) is 0 Å². The van der Waals surface area contributed by atoms with Gasteiger partial charge in [-0.15, -0.1) is 0 Å². The number of aliphatic imine (C=N–C) groups is 1. The zero-order valence-corrected chi connectivity index (χ0v) is 10.5. The standard InChI is InChI=1S/C14H9ClFN3/c15-12-6-11(2-3-13(12)16)17-7-9-1-4-14-10(5-9)8-18-19-14/h1-8H,(H,18,19)/b17-7+. The lowest BCUT2D eigenvalue weighted by molar-refractivity contribution is 0.628. The summed E-state index contributed by atoms with van der Waals surface area (Å²) in [7, 11) is 0. The number of hydrogen-bond acceptors (Lipinski definition) is 2. The second kappa shape index (κ2) is 4.82. The number of nitrogens with one attached hydrogen (secondary N) is 1. The predicted molar refractivity (Wildman–Crippen MR) is 74.8 cm³/mol. The largest absolute Gasteiger partial charge is 0.278 e. The Morgan fingerprint density at radius 3 is 2.95 bits per heavy atom. The van der Waals surface area contributed by atoms with Crippen LogP contribution in [0.15, 0.2) is 47.6 Å². The highest BCUT2D eigenvalue weighted by atomic mass is 35.5. The number of fused-ring (bicyclic) bond motifs is 1. The lowest BCUT2D eigenvalue weighted by atomic mass is 10.2. The molecule has 1 heterocycles. The molecule has 0 spiro atoms. The van der Waals surface area contributed by atoms with Gasteiger partial charge in [-0.25, -0.2) is 4.39 Å². The first-order valence-corrected chi connectivity index (χ1v) is 6.02. The van der Waals surface area contributed by atoms with Crippen molar-refractivity contribution in [3.8, 4) is 0 Å². The Hall–Kier alpha value is -2.20. The molecule has 0 fully saturated rings. The van der Waals surface area contributed by atoms with Crippen LogP contribution in [0.25, 0.3) is 10.9 Å². The van der Waals surface area contributed by atoms with Gasteiger partial charge in [0.2, 0.25) is 0 Å². The summed E-state index contributed by atoms with van der Waals surface area (Å²) in [6.45, 7) is 0. The number of aromatic amines is 1. The van der Waals surface area contributed by atoms with E-state index in [0.717, 1.165) is 16.5 Å². The van der Waals surface area contributed by atoms with Gasteiger partial charge < -0.3 is 0 Å². The van der Waals surface area contributed by atoms with Crippen LogP contribution in [0.3, 0.4) is 0 Å². The molecule has 3 aromatic rings. The minimum atomic E-state index is -0.444. The van der Waals surface area contributed by atoms with Crippen molar-refractivity contribution in [3.63, 3.8) is 0 Å². The molecule has 19 heavy (non-hydrogen) atoms. The van der Waals surface area contributed by atoms with Crippen molar-refractivity contribution in [2.24, 2.45) is 4.99 Å². The highest BCUT2D eigenvalue weighted by Gasteiger charge is 1.99. The Kier molecular flexibility index (Phi) is 3.01. The first-order valence-electron chi connectivity index (χ1n) is 5.64. The van der Waals surface area contributed by atoms with Gasteiger partial charge in [0.1, 0.15) is 5.82 Å². The predicted octanol–water partition coefficient (Wildman–Crippen LogP) is 4.11. The van der Waals surface area contributed by atoms with E-state index in [1.165, 1.54) is 12.1 Å². The molecule has 3 nitrogen and oxygen atoms in total. The Labute approximate surface area is 113 Å². The molecule has 2 aromatic carbocycles. The summed E-state index contributed by atoms with van der Waals surface area (Å²) < 4.78 is 13.0. The lowest BCUT2D eigenvalue weighted by Gasteiger charge is -1.97. The smallest absolute Gasteiger partial charge is 0.141 e. The Morgan fingerprint density at radius 1 is 1.21 bits per heavy atom. The van der Waals surface area contributed by atoms with Gasteiger partial charge in [0.25, 0.3) is 0 Å². The van der Waals surface area contributed by atoms with E-state index in [-0.39, 0.29) is 5.02 Å². The molecular formula is C14H9ClFN3. The normalized spacial score (nSPS) is 11.5. The SMILES string of the molecule is Fc1ccc(/N=C/c2ccc3[nH]ncc3c2)cc1Cl. The molecule has 0 aliphatic rings. The third-order valence-corrected chi connectivity index (χ3v) is 3.02. The highest BCUT2D eigenvalue weighted by Crippen LogP contribution is 2.21. The number of hydrogen-bond donors (Lipinski definition) is 1. The van der Waals surface area contributed by atoms with E-state index in [0.29, 0.717) is 5.69 Å². The van der Waals surface area contributed by atoms with Crippen molar-refractivity contribution < 1.29 is 4.39 Å². The molecule has 0 amide bonds. The maximum absolute atomic E-state index is 13.0. The fraction of sp³-hybridized carbons (Fsp3) is 0. The second-order valence-electron chi connectivity index (χ2n) is 4.07. The van der Waals surface area contributed by atoms with Crippen LogP contribution in [0.2, 0.25) is 5.02 Å². The summed E-state index contributed by atoms with van der Waals surface area (Å²) in [4.78, 5) is 4.26. The molecule has 0 radical (unpaired) electrons. The van der Waals surface area contributed by atoms with Crippen LogP contribution in [-0.4, -0.2) is 16.4 Å². The molecule has 0 bridgehead atoms. The molecule has 3 rings (SSSR count). The van der Waals surface area contributed by atoms with Crippen molar-refractivity contribution in [1.82, 2.24) is 10.2 Å². The molecule has 0 unspecified atom stereocenters. The fourth-order valence-electron chi connectivity index (χ4n) is 1.76. The molecule has 5 heteroatoms.